The number of nitrogens with one attached hydrogen (secondary N) is 1. The summed E-state index contributed by atoms with van der Waals surface area (Å²) in [6.07, 6.45) is 1.30. The van der Waals surface area contributed by atoms with Gasteiger partial charge in [0.15, 0.2) is 0 Å². The molecular weight excluding hydrogens is 376 g/mol. The molecule has 26 heavy (non-hydrogen) atoms. The number of hydrogen-bond donors (Lipinski definition) is 2. The van der Waals surface area contributed by atoms with E-state index in [-0.39, 0.29) is 32.2 Å². The largest absolute Gasteiger partial charge is 0.393 e. The summed E-state index contributed by atoms with van der Waals surface area (Å²) in [7, 11) is 4.99. The van der Waals surface area contributed by atoms with E-state index in [2.05, 4.69) is 19.8 Å². The van der Waals surface area contributed by atoms with Crippen molar-refractivity contribution >= 4 is 40.2 Å². The van der Waals surface area contributed by atoms with Crippen molar-refractivity contribution in [2.75, 3.05) is 5.75 Å². The number of amides is 1. The van der Waals surface area contributed by atoms with Gasteiger partial charge in [-0.3, -0.25) is 9.89 Å². The van der Waals surface area contributed by atoms with E-state index in [1.165, 1.54) is 23.0 Å². The SMILES string of the molecule is [B]N=POC(=O)C1=C(SCCc2ncn[nH]2)C(C)C2C(C(C)O)C(=O)N12. The summed E-state index contributed by atoms with van der Waals surface area (Å²) >= 11 is 1.47. The summed E-state index contributed by atoms with van der Waals surface area (Å²) in [5, 5.41) is 16.5. The highest BCUT2D eigenvalue weighted by molar-refractivity contribution is 8.03. The molecule has 136 valence electrons. The van der Waals surface area contributed by atoms with Gasteiger partial charge in [-0.15, -0.1) is 11.8 Å². The lowest BCUT2D eigenvalue weighted by Gasteiger charge is -2.46. The number of carbonyl (C=O) groups is 2. The van der Waals surface area contributed by atoms with Crippen molar-refractivity contribution in [2.45, 2.75) is 32.4 Å². The van der Waals surface area contributed by atoms with Crippen molar-refractivity contribution in [1.82, 2.24) is 20.1 Å². The lowest BCUT2D eigenvalue weighted by atomic mass is 9.79. The number of aliphatic hydroxyl groups is 1. The molecule has 2 aliphatic heterocycles. The van der Waals surface area contributed by atoms with Crippen molar-refractivity contribution in [2.24, 2.45) is 16.5 Å². The molecule has 3 rings (SSSR count). The quantitative estimate of drug-likeness (QED) is 0.400. The number of rotatable bonds is 7. The van der Waals surface area contributed by atoms with Crippen LogP contribution in [0.25, 0.3) is 0 Å². The molecule has 1 saturated heterocycles. The Bertz CT molecular complexity index is 757. The Morgan fingerprint density at radius 3 is 3.04 bits per heavy atom. The first-order chi connectivity index (χ1) is 12.5. The minimum absolute atomic E-state index is 0.0313. The van der Waals surface area contributed by atoms with E-state index in [1.807, 2.05) is 6.92 Å². The second-order valence-corrected chi connectivity index (χ2v) is 7.79. The fourth-order valence-corrected chi connectivity index (χ4v) is 4.86. The van der Waals surface area contributed by atoms with E-state index >= 15 is 0 Å². The first-order valence-electron chi connectivity index (χ1n) is 8.01. The topological polar surface area (TPSA) is 121 Å². The monoisotopic (exact) mass is 393 g/mol. The highest BCUT2D eigenvalue weighted by atomic mass is 32.2. The Kier molecular flexibility index (Phi) is 5.79. The van der Waals surface area contributed by atoms with Crippen LogP contribution >= 0.6 is 20.4 Å². The third kappa shape index (κ3) is 3.31. The first-order valence-corrected chi connectivity index (χ1v) is 9.76. The predicted octanol–water partition coefficient (Wildman–Crippen LogP) is 0.821. The number of thioether (sulfide) groups is 1. The van der Waals surface area contributed by atoms with Gasteiger partial charge in [0.2, 0.25) is 14.5 Å². The van der Waals surface area contributed by atoms with Gasteiger partial charge < -0.3 is 19.2 Å². The molecule has 9 nitrogen and oxygen atoms in total. The highest BCUT2D eigenvalue weighted by Gasteiger charge is 2.60. The third-order valence-electron chi connectivity index (χ3n) is 4.53. The van der Waals surface area contributed by atoms with Crippen LogP contribution in [-0.4, -0.2) is 62.9 Å². The summed E-state index contributed by atoms with van der Waals surface area (Å²) in [6, 6.07) is -0.246. The molecule has 0 saturated carbocycles. The van der Waals surface area contributed by atoms with E-state index < -0.39 is 18.0 Å². The standard InChI is InChI=1S/C14H17BN5O4PS/c1-6-10-9(7(2)21)13(22)20(10)11(14(23)24-25-19-15)12(6)26-4-3-8-16-5-17-18-8/h5-7,9-10,21H,3-4H2,1-2H3,(H,16,17,18). The number of carbonyl (C=O) groups excluding carboxylic acids is 2. The van der Waals surface area contributed by atoms with E-state index in [1.54, 1.807) is 6.92 Å². The van der Waals surface area contributed by atoms with Crippen LogP contribution in [0.15, 0.2) is 21.6 Å². The number of aryl methyl sites for hydroxylation is 1. The molecule has 0 aliphatic carbocycles. The lowest BCUT2D eigenvalue weighted by molar-refractivity contribution is -0.162. The number of aromatic nitrogens is 3. The summed E-state index contributed by atoms with van der Waals surface area (Å²) in [6.45, 7) is 3.53. The van der Waals surface area contributed by atoms with Crippen molar-refractivity contribution < 1.29 is 19.2 Å². The van der Waals surface area contributed by atoms with Crippen LogP contribution in [0.3, 0.4) is 0 Å². The predicted molar refractivity (Wildman–Crippen MR) is 95.7 cm³/mol. The molecule has 4 atom stereocenters. The van der Waals surface area contributed by atoms with Crippen LogP contribution in [0.2, 0.25) is 0 Å². The van der Waals surface area contributed by atoms with Gasteiger partial charge >= 0.3 is 5.97 Å². The van der Waals surface area contributed by atoms with Gasteiger partial charge in [-0.2, -0.15) is 5.10 Å². The van der Waals surface area contributed by atoms with Gasteiger partial charge in [0.1, 0.15) is 17.8 Å². The molecular formula is C14H17BN5O4PS. The Balaban J connectivity index is 1.81. The summed E-state index contributed by atoms with van der Waals surface area (Å²) in [5.74, 6) is -0.114. The number of fused-ring (bicyclic) bond motifs is 1. The van der Waals surface area contributed by atoms with E-state index in [9.17, 15) is 14.7 Å². The molecule has 0 bridgehead atoms. The van der Waals surface area contributed by atoms with Gasteiger partial charge in [-0.05, 0) is 6.92 Å². The number of aliphatic hydroxyl groups excluding tert-OH is 1. The molecule has 12 heteroatoms. The maximum absolute atomic E-state index is 12.5. The first kappa shape index (κ1) is 19.1. The lowest BCUT2D eigenvalue weighted by Crippen LogP contribution is -2.63. The summed E-state index contributed by atoms with van der Waals surface area (Å²) in [4.78, 5) is 31.2. The highest BCUT2D eigenvalue weighted by Crippen LogP contribution is 2.50. The molecule has 3 heterocycles. The van der Waals surface area contributed by atoms with Crippen LogP contribution < -0.4 is 0 Å². The fraction of sp³-hybridized carbons (Fsp3) is 0.571. The average molecular weight is 393 g/mol. The number of aromatic amines is 1. The molecule has 1 amide bonds. The van der Waals surface area contributed by atoms with Gasteiger partial charge in [-0.1, -0.05) is 6.92 Å². The zero-order chi connectivity index (χ0) is 18.8. The third-order valence-corrected chi connectivity index (χ3v) is 6.16. The number of H-pyrrole nitrogens is 1. The van der Waals surface area contributed by atoms with Gasteiger partial charge in [-0.25, -0.2) is 9.78 Å². The molecule has 0 spiro atoms. The van der Waals surface area contributed by atoms with Crippen molar-refractivity contribution in [3.63, 3.8) is 0 Å². The molecule has 2 aliphatic rings. The fourth-order valence-electron chi connectivity index (χ4n) is 3.42. The second kappa shape index (κ2) is 7.90. The zero-order valence-electron chi connectivity index (χ0n) is 14.2. The molecule has 2 radical (unpaired) electrons. The second-order valence-electron chi connectivity index (χ2n) is 6.07. The van der Waals surface area contributed by atoms with Crippen LogP contribution in [0.1, 0.15) is 19.7 Å². The summed E-state index contributed by atoms with van der Waals surface area (Å²) in [5.41, 5.74) is 0.225. The van der Waals surface area contributed by atoms with Crippen molar-refractivity contribution in [3.8, 4) is 0 Å². The Labute approximate surface area is 157 Å². The van der Waals surface area contributed by atoms with Crippen LogP contribution in [0, 0.1) is 11.8 Å². The maximum Gasteiger partial charge on any atom is 0.365 e. The normalized spacial score (nSPS) is 26.2. The average Bonchev–Trinajstić information content (AvgIpc) is 3.19. The minimum Gasteiger partial charge on any atom is -0.393 e. The maximum atomic E-state index is 12.5. The smallest absolute Gasteiger partial charge is 0.365 e. The Morgan fingerprint density at radius 1 is 1.65 bits per heavy atom. The molecule has 2 N–H and O–H groups in total. The van der Waals surface area contributed by atoms with E-state index in [0.29, 0.717) is 12.2 Å². The van der Waals surface area contributed by atoms with E-state index in [4.69, 9.17) is 12.5 Å². The molecule has 1 aromatic heterocycles. The van der Waals surface area contributed by atoms with Gasteiger partial charge in [0.05, 0.1) is 18.1 Å². The van der Waals surface area contributed by atoms with Crippen LogP contribution in [0.5, 0.6) is 0 Å². The summed E-state index contributed by atoms with van der Waals surface area (Å²) < 4.78 is 8.24. The van der Waals surface area contributed by atoms with Gasteiger partial charge in [0.25, 0.3) is 7.98 Å². The van der Waals surface area contributed by atoms with Crippen molar-refractivity contribution in [3.05, 3.63) is 22.8 Å². The molecule has 1 fully saturated rings. The number of hydrogen-bond acceptors (Lipinski definition) is 8. The Morgan fingerprint density at radius 2 is 2.42 bits per heavy atom. The van der Waals surface area contributed by atoms with Gasteiger partial charge in [0, 0.05) is 23.0 Å². The van der Waals surface area contributed by atoms with Crippen LogP contribution in [-0.2, 0) is 20.5 Å². The minimum atomic E-state index is -0.779. The number of β-lactam (4-membered cyclic amide) rings is 1. The molecule has 4 unspecified atom stereocenters. The van der Waals surface area contributed by atoms with E-state index in [0.717, 1.165) is 10.7 Å². The van der Waals surface area contributed by atoms with Crippen molar-refractivity contribution in [1.29, 1.82) is 0 Å². The van der Waals surface area contributed by atoms with Crippen LogP contribution in [0.4, 0.5) is 0 Å². The molecule has 1 aromatic rings. The zero-order valence-corrected chi connectivity index (χ0v) is 15.9. The Hall–Kier alpha value is -1.71. The molecule has 0 aromatic carbocycles. The number of nitrogens with zero attached hydrogens (tertiary/aromatic N) is 4.